The molecule has 23 heavy (non-hydrogen) atoms. The Hall–Kier alpha value is -1.51. The van der Waals surface area contributed by atoms with Crippen molar-refractivity contribution in [3.05, 3.63) is 35.9 Å². The number of hydrogen-bond donors (Lipinski definition) is 3. The van der Waals surface area contributed by atoms with Crippen molar-refractivity contribution in [3.63, 3.8) is 0 Å². The predicted octanol–water partition coefficient (Wildman–Crippen LogP) is -0.199. The first-order chi connectivity index (χ1) is 11.1. The molecule has 2 rings (SSSR count). The molecule has 7 nitrogen and oxygen atoms in total. The lowest BCUT2D eigenvalue weighted by atomic mass is 9.96. The fourth-order valence-electron chi connectivity index (χ4n) is 2.63. The number of carbonyl (C=O) groups is 1. The van der Waals surface area contributed by atoms with Crippen LogP contribution in [0.3, 0.4) is 0 Å². The molecule has 0 aromatic heterocycles. The first-order valence-corrected chi connectivity index (χ1v) is 7.46. The summed E-state index contributed by atoms with van der Waals surface area (Å²) in [6.07, 6.45) is -3.50. The Kier molecular flexibility index (Phi) is 6.49. The van der Waals surface area contributed by atoms with Crippen LogP contribution in [0.25, 0.3) is 0 Å². The van der Waals surface area contributed by atoms with Crippen LogP contribution in [0.5, 0.6) is 0 Å². The van der Waals surface area contributed by atoms with Crippen molar-refractivity contribution in [1.82, 2.24) is 5.32 Å². The molecule has 128 valence electrons. The molecule has 1 aliphatic heterocycles. The van der Waals surface area contributed by atoms with Gasteiger partial charge in [0.2, 0.25) is 5.91 Å². The summed E-state index contributed by atoms with van der Waals surface area (Å²) in [6, 6.07) is 8.82. The van der Waals surface area contributed by atoms with Crippen molar-refractivity contribution in [3.8, 4) is 0 Å². The number of amides is 1. The molecular weight excluding hydrogens is 302 g/mol. The van der Waals surface area contributed by atoms with Crippen molar-refractivity contribution in [1.29, 1.82) is 0 Å². The Labute approximate surface area is 135 Å². The molecule has 1 saturated heterocycles. The second kappa shape index (κ2) is 8.37. The molecule has 0 bridgehead atoms. The van der Waals surface area contributed by atoms with Gasteiger partial charge >= 0.3 is 0 Å². The minimum Gasteiger partial charge on any atom is -0.394 e. The highest BCUT2D eigenvalue weighted by Crippen LogP contribution is 2.25. The zero-order valence-corrected chi connectivity index (χ0v) is 13.2. The minimum absolute atomic E-state index is 0.270. The summed E-state index contributed by atoms with van der Waals surface area (Å²) in [5.74, 6) is -0.288. The first-order valence-electron chi connectivity index (χ1n) is 7.46. The standard InChI is InChI=1S/C16H23NO6/c1-10(19)17-13-15(21-2)14(20)12(8-18)23-16(13)22-9-11-6-4-3-5-7-11/h3-7,12-16,18,20H,8-9H2,1-2H3,(H,17,19)/t12?,13-,14-,15+,16-/m0/s1. The number of benzene rings is 1. The lowest BCUT2D eigenvalue weighted by Crippen LogP contribution is -2.65. The number of carbonyl (C=O) groups excluding carboxylic acids is 1. The molecule has 5 atom stereocenters. The summed E-state index contributed by atoms with van der Waals surface area (Å²) in [5.41, 5.74) is 0.943. The molecule has 1 unspecified atom stereocenters. The van der Waals surface area contributed by atoms with Crippen LogP contribution in [-0.2, 0) is 25.6 Å². The van der Waals surface area contributed by atoms with Gasteiger partial charge in [-0.15, -0.1) is 0 Å². The van der Waals surface area contributed by atoms with E-state index >= 15 is 0 Å². The zero-order valence-electron chi connectivity index (χ0n) is 13.2. The van der Waals surface area contributed by atoms with E-state index in [9.17, 15) is 15.0 Å². The maximum absolute atomic E-state index is 11.4. The van der Waals surface area contributed by atoms with Gasteiger partial charge in [-0.05, 0) is 5.56 Å². The highest BCUT2D eigenvalue weighted by molar-refractivity contribution is 5.73. The van der Waals surface area contributed by atoms with Crippen molar-refractivity contribution < 1.29 is 29.2 Å². The van der Waals surface area contributed by atoms with Gasteiger partial charge in [0.05, 0.1) is 13.2 Å². The smallest absolute Gasteiger partial charge is 0.217 e. The Bertz CT molecular complexity index is 497. The molecule has 3 N–H and O–H groups in total. The van der Waals surface area contributed by atoms with Crippen LogP contribution >= 0.6 is 0 Å². The van der Waals surface area contributed by atoms with Crippen LogP contribution in [-0.4, -0.2) is 60.5 Å². The highest BCUT2D eigenvalue weighted by atomic mass is 16.7. The number of aliphatic hydroxyl groups excluding tert-OH is 2. The van der Waals surface area contributed by atoms with E-state index in [2.05, 4.69) is 5.32 Å². The second-order valence-electron chi connectivity index (χ2n) is 5.44. The summed E-state index contributed by atoms with van der Waals surface area (Å²) in [7, 11) is 1.43. The van der Waals surface area contributed by atoms with Gasteiger partial charge in [-0.3, -0.25) is 4.79 Å². The average molecular weight is 325 g/mol. The summed E-state index contributed by atoms with van der Waals surface area (Å²) in [6.45, 7) is 1.26. The summed E-state index contributed by atoms with van der Waals surface area (Å²) in [5, 5.41) is 22.2. The van der Waals surface area contributed by atoms with Gasteiger partial charge in [-0.1, -0.05) is 30.3 Å². The van der Waals surface area contributed by atoms with Crippen molar-refractivity contribution in [2.45, 2.75) is 44.2 Å². The lowest BCUT2D eigenvalue weighted by molar-refractivity contribution is -0.277. The maximum Gasteiger partial charge on any atom is 0.217 e. The third-order valence-corrected chi connectivity index (χ3v) is 3.75. The van der Waals surface area contributed by atoms with Crippen molar-refractivity contribution >= 4 is 5.91 Å². The van der Waals surface area contributed by atoms with Crippen LogP contribution in [0, 0.1) is 0 Å². The third-order valence-electron chi connectivity index (χ3n) is 3.75. The molecule has 1 heterocycles. The Morgan fingerprint density at radius 1 is 1.35 bits per heavy atom. The van der Waals surface area contributed by atoms with Gasteiger partial charge in [0.25, 0.3) is 0 Å². The molecule has 0 saturated carbocycles. The van der Waals surface area contributed by atoms with E-state index in [4.69, 9.17) is 14.2 Å². The van der Waals surface area contributed by atoms with E-state index in [1.165, 1.54) is 14.0 Å². The molecule has 0 spiro atoms. The second-order valence-corrected chi connectivity index (χ2v) is 5.44. The van der Waals surface area contributed by atoms with Gasteiger partial charge < -0.3 is 29.7 Å². The van der Waals surface area contributed by atoms with E-state index in [1.54, 1.807) is 0 Å². The monoisotopic (exact) mass is 325 g/mol. The zero-order chi connectivity index (χ0) is 16.8. The Morgan fingerprint density at radius 3 is 2.61 bits per heavy atom. The molecule has 1 aromatic rings. The number of rotatable bonds is 6. The lowest BCUT2D eigenvalue weighted by Gasteiger charge is -2.43. The summed E-state index contributed by atoms with van der Waals surface area (Å²) in [4.78, 5) is 11.4. The molecule has 1 fully saturated rings. The van der Waals surface area contributed by atoms with Gasteiger partial charge in [0.15, 0.2) is 6.29 Å². The molecule has 1 aliphatic rings. The van der Waals surface area contributed by atoms with Crippen LogP contribution in [0.15, 0.2) is 30.3 Å². The normalized spacial score (nSPS) is 30.9. The number of hydrogen-bond acceptors (Lipinski definition) is 6. The minimum atomic E-state index is -1.07. The van der Waals surface area contributed by atoms with Crippen molar-refractivity contribution in [2.75, 3.05) is 13.7 Å². The SMILES string of the molecule is CO[C@@H]1[C@H](NC(C)=O)[C@@H](OCc2ccccc2)OC(CO)[C@@H]1O. The fourth-order valence-corrected chi connectivity index (χ4v) is 2.63. The topological polar surface area (TPSA) is 97.3 Å². The van der Waals surface area contributed by atoms with Crippen LogP contribution in [0.1, 0.15) is 12.5 Å². The number of ether oxygens (including phenoxy) is 3. The van der Waals surface area contributed by atoms with Crippen molar-refractivity contribution in [2.24, 2.45) is 0 Å². The van der Waals surface area contributed by atoms with E-state index in [1.807, 2.05) is 30.3 Å². The van der Waals surface area contributed by atoms with Gasteiger partial charge in [0.1, 0.15) is 24.4 Å². The van der Waals surface area contributed by atoms with E-state index in [0.29, 0.717) is 0 Å². The van der Waals surface area contributed by atoms with E-state index in [-0.39, 0.29) is 19.1 Å². The molecular formula is C16H23NO6. The molecule has 1 amide bonds. The number of nitrogens with one attached hydrogen (secondary N) is 1. The average Bonchev–Trinajstić information content (AvgIpc) is 2.55. The number of methoxy groups -OCH3 is 1. The van der Waals surface area contributed by atoms with E-state index < -0.39 is 30.6 Å². The summed E-state index contributed by atoms with van der Waals surface area (Å²) >= 11 is 0. The molecule has 0 aliphatic carbocycles. The Balaban J connectivity index is 2.12. The van der Waals surface area contributed by atoms with E-state index in [0.717, 1.165) is 5.56 Å². The maximum atomic E-state index is 11.4. The largest absolute Gasteiger partial charge is 0.394 e. The fraction of sp³-hybridized carbons (Fsp3) is 0.562. The molecule has 1 aromatic carbocycles. The highest BCUT2D eigenvalue weighted by Gasteiger charge is 2.46. The van der Waals surface area contributed by atoms with Gasteiger partial charge in [0, 0.05) is 14.0 Å². The van der Waals surface area contributed by atoms with Gasteiger partial charge in [-0.25, -0.2) is 0 Å². The number of aliphatic hydroxyl groups is 2. The summed E-state index contributed by atoms with van der Waals surface area (Å²) < 4.78 is 16.6. The Morgan fingerprint density at radius 2 is 2.04 bits per heavy atom. The van der Waals surface area contributed by atoms with Crippen LogP contribution in [0.4, 0.5) is 0 Å². The van der Waals surface area contributed by atoms with Crippen LogP contribution in [0.2, 0.25) is 0 Å². The molecule has 0 radical (unpaired) electrons. The quantitative estimate of drug-likeness (QED) is 0.670. The third kappa shape index (κ3) is 4.49. The predicted molar refractivity (Wildman–Crippen MR) is 81.4 cm³/mol. The first kappa shape index (κ1) is 17.8. The van der Waals surface area contributed by atoms with Crippen LogP contribution < -0.4 is 5.32 Å². The van der Waals surface area contributed by atoms with Gasteiger partial charge in [-0.2, -0.15) is 0 Å². The molecule has 7 heteroatoms.